The molecule has 1 unspecified atom stereocenters. The molecular weight excluding hydrogens is 360 g/mol. The predicted octanol–water partition coefficient (Wildman–Crippen LogP) is 6.34. The van der Waals surface area contributed by atoms with Crippen LogP contribution in [-0.2, 0) is 5.54 Å². The van der Waals surface area contributed by atoms with Crippen molar-refractivity contribution >= 4 is 32.9 Å². The zero-order valence-electron chi connectivity index (χ0n) is 15.6. The smallest absolute Gasteiger partial charge is 0.0865 e. The molecule has 1 aromatic heterocycles. The van der Waals surface area contributed by atoms with E-state index in [-0.39, 0.29) is 0 Å². The molecule has 0 aliphatic heterocycles. The molecule has 136 valence electrons. The van der Waals surface area contributed by atoms with E-state index in [1.165, 1.54) is 21.5 Å². The zero-order valence-corrected chi connectivity index (χ0v) is 16.4. The van der Waals surface area contributed by atoms with Gasteiger partial charge in [0, 0.05) is 5.56 Å². The van der Waals surface area contributed by atoms with Crippen molar-refractivity contribution in [1.82, 2.24) is 4.98 Å². The molecule has 0 spiro atoms. The van der Waals surface area contributed by atoms with Crippen LogP contribution >= 0.6 is 11.3 Å². The van der Waals surface area contributed by atoms with Gasteiger partial charge in [0.15, 0.2) is 0 Å². The Hall–Kier alpha value is -3.01. The van der Waals surface area contributed by atoms with Gasteiger partial charge in [0.1, 0.15) is 0 Å². The van der Waals surface area contributed by atoms with Crippen LogP contribution in [0, 0.1) is 0 Å². The Morgan fingerprint density at radius 3 is 2.25 bits per heavy atom. The highest BCUT2D eigenvalue weighted by molar-refractivity contribution is 7.10. The summed E-state index contributed by atoms with van der Waals surface area (Å²) in [7, 11) is 0. The molecule has 0 saturated carbocycles. The fraction of sp³-hybridized carbons (Fsp3) is 0.0800. The van der Waals surface area contributed by atoms with Gasteiger partial charge in [-0.15, -0.1) is 11.3 Å². The van der Waals surface area contributed by atoms with Crippen LogP contribution in [0.3, 0.4) is 0 Å². The van der Waals surface area contributed by atoms with Crippen molar-refractivity contribution in [1.29, 1.82) is 0 Å². The first-order valence-electron chi connectivity index (χ1n) is 9.35. The molecule has 2 N–H and O–H groups in total. The van der Waals surface area contributed by atoms with Crippen molar-refractivity contribution in [2.24, 2.45) is 5.73 Å². The molecule has 28 heavy (non-hydrogen) atoms. The first-order chi connectivity index (χ1) is 13.6. The summed E-state index contributed by atoms with van der Waals surface area (Å²) < 4.78 is 0. The zero-order chi connectivity index (χ0) is 19.1. The Labute approximate surface area is 168 Å². The number of thiazole rings is 1. The third-order valence-corrected chi connectivity index (χ3v) is 6.46. The summed E-state index contributed by atoms with van der Waals surface area (Å²) >= 11 is 1.62. The van der Waals surface area contributed by atoms with Crippen LogP contribution in [0.25, 0.3) is 32.8 Å². The molecule has 0 amide bonds. The Morgan fingerprint density at radius 1 is 0.786 bits per heavy atom. The van der Waals surface area contributed by atoms with E-state index in [4.69, 9.17) is 5.73 Å². The van der Waals surface area contributed by atoms with Crippen molar-refractivity contribution in [3.05, 3.63) is 101 Å². The first-order valence-corrected chi connectivity index (χ1v) is 10.2. The fourth-order valence-electron chi connectivity index (χ4n) is 3.96. The lowest BCUT2D eigenvalue weighted by atomic mass is 9.85. The minimum atomic E-state index is -0.645. The van der Waals surface area contributed by atoms with Crippen LogP contribution in [0.15, 0.2) is 90.4 Å². The molecule has 0 saturated heterocycles. The molecule has 0 aliphatic carbocycles. The van der Waals surface area contributed by atoms with E-state index in [0.29, 0.717) is 0 Å². The van der Waals surface area contributed by atoms with E-state index in [0.717, 1.165) is 21.7 Å². The van der Waals surface area contributed by atoms with Crippen molar-refractivity contribution in [2.75, 3.05) is 0 Å². The van der Waals surface area contributed by atoms with Crippen LogP contribution in [0.5, 0.6) is 0 Å². The minimum absolute atomic E-state index is 0.645. The molecular formula is C25H20N2S. The van der Waals surface area contributed by atoms with Gasteiger partial charge < -0.3 is 5.73 Å². The van der Waals surface area contributed by atoms with E-state index in [1.54, 1.807) is 11.3 Å². The highest BCUT2D eigenvalue weighted by atomic mass is 32.1. The van der Waals surface area contributed by atoms with Gasteiger partial charge in [-0.05, 0) is 46.2 Å². The van der Waals surface area contributed by atoms with Crippen LogP contribution < -0.4 is 5.73 Å². The monoisotopic (exact) mass is 380 g/mol. The van der Waals surface area contributed by atoms with Crippen LogP contribution in [-0.4, -0.2) is 4.98 Å². The lowest BCUT2D eigenvalue weighted by molar-refractivity contribution is 0.623. The van der Waals surface area contributed by atoms with Crippen LogP contribution in [0.4, 0.5) is 0 Å². The maximum absolute atomic E-state index is 7.02. The number of hydrogen-bond donors (Lipinski definition) is 1. The second-order valence-corrected chi connectivity index (χ2v) is 8.18. The number of nitrogens with zero attached hydrogens (tertiary/aromatic N) is 1. The number of rotatable bonds is 3. The molecule has 0 bridgehead atoms. The Balaban J connectivity index is 1.74. The lowest BCUT2D eigenvalue weighted by Gasteiger charge is -2.27. The highest BCUT2D eigenvalue weighted by Gasteiger charge is 2.31. The van der Waals surface area contributed by atoms with Crippen molar-refractivity contribution < 1.29 is 0 Å². The number of fused-ring (bicyclic) bond motifs is 2. The Kier molecular flexibility index (Phi) is 4.00. The summed E-state index contributed by atoms with van der Waals surface area (Å²) in [6, 6.07) is 29.6. The van der Waals surface area contributed by atoms with E-state index in [2.05, 4.69) is 78.6 Å². The molecule has 0 radical (unpaired) electrons. The summed E-state index contributed by atoms with van der Waals surface area (Å²) in [6.45, 7) is 2.09. The van der Waals surface area contributed by atoms with Gasteiger partial charge in [0.2, 0.25) is 0 Å². The number of aromatic nitrogens is 1. The van der Waals surface area contributed by atoms with Gasteiger partial charge in [-0.1, -0.05) is 72.8 Å². The van der Waals surface area contributed by atoms with E-state index in [9.17, 15) is 0 Å². The maximum Gasteiger partial charge on any atom is 0.0865 e. The van der Waals surface area contributed by atoms with Crippen molar-refractivity contribution in [2.45, 2.75) is 12.5 Å². The standard InChI is InChI=1S/C25H20N2S/c1-25(26,24-23(27-16-28-24)17-8-3-2-4-9-17)22-13-7-12-20-14-18-10-5-6-11-19(18)15-21(20)22/h2-16H,26H2,1H3. The first kappa shape index (κ1) is 17.1. The second-order valence-electron chi connectivity index (χ2n) is 7.32. The molecule has 1 heterocycles. The summed E-state index contributed by atoms with van der Waals surface area (Å²) in [4.78, 5) is 5.73. The predicted molar refractivity (Wildman–Crippen MR) is 120 cm³/mol. The maximum atomic E-state index is 7.02. The van der Waals surface area contributed by atoms with Crippen LogP contribution in [0.2, 0.25) is 0 Å². The van der Waals surface area contributed by atoms with Crippen molar-refractivity contribution in [3.63, 3.8) is 0 Å². The Morgan fingerprint density at radius 2 is 1.46 bits per heavy atom. The van der Waals surface area contributed by atoms with Gasteiger partial charge in [-0.2, -0.15) is 0 Å². The summed E-state index contributed by atoms with van der Waals surface area (Å²) in [5, 5.41) is 4.87. The SMILES string of the molecule is CC(N)(c1scnc1-c1ccccc1)c1cccc2cc3ccccc3cc12. The van der Waals surface area contributed by atoms with Gasteiger partial charge in [-0.25, -0.2) is 4.98 Å². The molecule has 0 fully saturated rings. The van der Waals surface area contributed by atoms with Crippen molar-refractivity contribution in [3.8, 4) is 11.3 Å². The normalized spacial score (nSPS) is 13.6. The van der Waals surface area contributed by atoms with Gasteiger partial charge >= 0.3 is 0 Å². The molecule has 5 aromatic rings. The van der Waals surface area contributed by atoms with E-state index in [1.807, 2.05) is 23.7 Å². The highest BCUT2D eigenvalue weighted by Crippen LogP contribution is 2.40. The Bertz CT molecular complexity index is 1290. The molecule has 5 rings (SSSR count). The molecule has 4 aromatic carbocycles. The fourth-order valence-corrected chi connectivity index (χ4v) is 4.86. The number of hydrogen-bond acceptors (Lipinski definition) is 3. The van der Waals surface area contributed by atoms with E-state index >= 15 is 0 Å². The summed E-state index contributed by atoms with van der Waals surface area (Å²) in [6.07, 6.45) is 0. The largest absolute Gasteiger partial charge is 0.317 e. The summed E-state index contributed by atoms with van der Waals surface area (Å²) in [5.41, 5.74) is 11.5. The molecule has 2 nitrogen and oxygen atoms in total. The average molecular weight is 381 g/mol. The lowest BCUT2D eigenvalue weighted by Crippen LogP contribution is -2.34. The molecule has 1 atom stereocenters. The summed E-state index contributed by atoms with van der Waals surface area (Å²) in [5.74, 6) is 0. The van der Waals surface area contributed by atoms with Gasteiger partial charge in [-0.3, -0.25) is 0 Å². The van der Waals surface area contributed by atoms with Crippen LogP contribution in [0.1, 0.15) is 17.4 Å². The average Bonchev–Trinajstić information content (AvgIpc) is 3.23. The topological polar surface area (TPSA) is 38.9 Å². The van der Waals surface area contributed by atoms with Gasteiger partial charge in [0.25, 0.3) is 0 Å². The minimum Gasteiger partial charge on any atom is -0.317 e. The third-order valence-electron chi connectivity index (χ3n) is 5.39. The molecule has 0 aliphatic rings. The number of nitrogens with two attached hydrogens (primary N) is 1. The number of benzene rings is 4. The van der Waals surface area contributed by atoms with Gasteiger partial charge in [0.05, 0.1) is 21.6 Å². The quantitative estimate of drug-likeness (QED) is 0.371. The third kappa shape index (κ3) is 2.71. The molecule has 3 heteroatoms. The van der Waals surface area contributed by atoms with E-state index < -0.39 is 5.54 Å². The second kappa shape index (κ2) is 6.55.